The second-order valence-electron chi connectivity index (χ2n) is 6.95. The highest BCUT2D eigenvalue weighted by Crippen LogP contribution is 2.28. The number of nitrogens with zero attached hydrogens (tertiary/aromatic N) is 5. The first-order valence-corrected chi connectivity index (χ1v) is 9.83. The van der Waals surface area contributed by atoms with Gasteiger partial charge in [0.1, 0.15) is 5.82 Å². The van der Waals surface area contributed by atoms with Crippen LogP contribution >= 0.6 is 11.3 Å². The molecule has 1 aliphatic heterocycles. The molecule has 136 valence electrons. The van der Waals surface area contributed by atoms with Crippen LogP contribution in [0.25, 0.3) is 0 Å². The summed E-state index contributed by atoms with van der Waals surface area (Å²) < 4.78 is 1.87. The van der Waals surface area contributed by atoms with Crippen LogP contribution in [0.4, 0.5) is 10.9 Å². The van der Waals surface area contributed by atoms with Gasteiger partial charge in [-0.05, 0) is 38.4 Å². The third-order valence-corrected chi connectivity index (χ3v) is 5.54. The van der Waals surface area contributed by atoms with E-state index in [1.165, 1.54) is 29.0 Å². The first-order valence-electron chi connectivity index (χ1n) is 9.02. The Labute approximate surface area is 157 Å². The van der Waals surface area contributed by atoms with E-state index in [2.05, 4.69) is 45.6 Å². The Kier molecular flexibility index (Phi) is 4.99. The molecule has 3 aromatic heterocycles. The summed E-state index contributed by atoms with van der Waals surface area (Å²) in [4.78, 5) is 12.9. The van der Waals surface area contributed by atoms with Gasteiger partial charge >= 0.3 is 0 Å². The third-order valence-electron chi connectivity index (χ3n) is 4.72. The summed E-state index contributed by atoms with van der Waals surface area (Å²) in [6.07, 6.45) is 8.34. The normalized spacial score (nSPS) is 18.2. The SMILES string of the molecule is Cc1cnc(Nc2cccc([C@H]3CCCN(Cc4cnn(C)c4)C3)n2)s1. The highest BCUT2D eigenvalue weighted by atomic mass is 32.1. The molecule has 6 nitrogen and oxygen atoms in total. The maximum Gasteiger partial charge on any atom is 0.188 e. The van der Waals surface area contributed by atoms with E-state index in [9.17, 15) is 0 Å². The highest BCUT2D eigenvalue weighted by molar-refractivity contribution is 7.15. The molecule has 1 aliphatic rings. The first-order chi connectivity index (χ1) is 12.7. The zero-order valence-electron chi connectivity index (χ0n) is 15.2. The van der Waals surface area contributed by atoms with Gasteiger partial charge in [-0.2, -0.15) is 5.10 Å². The Morgan fingerprint density at radius 2 is 2.23 bits per heavy atom. The van der Waals surface area contributed by atoms with Crippen LogP contribution in [0.2, 0.25) is 0 Å². The average Bonchev–Trinajstić information content (AvgIpc) is 3.23. The van der Waals surface area contributed by atoms with Gasteiger partial charge in [-0.15, -0.1) is 11.3 Å². The van der Waals surface area contributed by atoms with Crippen LogP contribution in [0.1, 0.15) is 34.9 Å². The molecular formula is C19H24N6S. The van der Waals surface area contributed by atoms with E-state index < -0.39 is 0 Å². The molecule has 0 aromatic carbocycles. The standard InChI is InChI=1S/C19H24N6S/c1-14-9-20-19(26-14)23-18-7-3-6-17(22-18)16-5-4-8-25(13-16)12-15-10-21-24(2)11-15/h3,6-7,9-11,16H,4-5,8,12-13H2,1-2H3,(H,20,22,23)/t16-/m0/s1. The molecule has 4 rings (SSSR count). The Morgan fingerprint density at radius 1 is 1.31 bits per heavy atom. The summed E-state index contributed by atoms with van der Waals surface area (Å²) in [6.45, 7) is 5.20. The Balaban J connectivity index is 1.43. The van der Waals surface area contributed by atoms with Crippen LogP contribution in [-0.4, -0.2) is 37.7 Å². The van der Waals surface area contributed by atoms with E-state index in [0.717, 1.165) is 30.6 Å². The number of rotatable bonds is 5. The van der Waals surface area contributed by atoms with Crippen LogP contribution in [0.3, 0.4) is 0 Å². The van der Waals surface area contributed by atoms with Gasteiger partial charge < -0.3 is 5.32 Å². The summed E-state index contributed by atoms with van der Waals surface area (Å²) >= 11 is 1.65. The number of thiazole rings is 1. The number of anilines is 2. The molecule has 4 heterocycles. The Bertz CT molecular complexity index is 870. The van der Waals surface area contributed by atoms with Gasteiger partial charge in [0.15, 0.2) is 5.13 Å². The van der Waals surface area contributed by atoms with Gasteiger partial charge in [-0.25, -0.2) is 9.97 Å². The van der Waals surface area contributed by atoms with E-state index in [0.29, 0.717) is 5.92 Å². The molecule has 1 N–H and O–H groups in total. The van der Waals surface area contributed by atoms with Crippen LogP contribution in [0.5, 0.6) is 0 Å². The first kappa shape index (κ1) is 17.2. The average molecular weight is 369 g/mol. The predicted molar refractivity (Wildman–Crippen MR) is 105 cm³/mol. The maximum atomic E-state index is 4.86. The summed E-state index contributed by atoms with van der Waals surface area (Å²) in [5.41, 5.74) is 2.44. The van der Waals surface area contributed by atoms with E-state index >= 15 is 0 Å². The van der Waals surface area contributed by atoms with Crippen LogP contribution in [0.15, 0.2) is 36.8 Å². The predicted octanol–water partition coefficient (Wildman–Crippen LogP) is 3.70. The van der Waals surface area contributed by atoms with Gasteiger partial charge in [-0.3, -0.25) is 9.58 Å². The van der Waals surface area contributed by atoms with Crippen molar-refractivity contribution >= 4 is 22.3 Å². The molecule has 26 heavy (non-hydrogen) atoms. The fraction of sp³-hybridized carbons (Fsp3) is 0.421. The van der Waals surface area contributed by atoms with E-state index in [1.54, 1.807) is 11.3 Å². The molecule has 3 aromatic rings. The highest BCUT2D eigenvalue weighted by Gasteiger charge is 2.23. The monoisotopic (exact) mass is 368 g/mol. The molecule has 0 spiro atoms. The minimum absolute atomic E-state index is 0.472. The van der Waals surface area contributed by atoms with Crippen LogP contribution in [-0.2, 0) is 13.6 Å². The number of nitrogens with one attached hydrogen (secondary N) is 1. The maximum absolute atomic E-state index is 4.86. The molecular weight excluding hydrogens is 344 g/mol. The topological polar surface area (TPSA) is 58.9 Å². The van der Waals surface area contributed by atoms with Crippen LogP contribution in [0, 0.1) is 6.92 Å². The number of pyridine rings is 1. The number of hydrogen-bond acceptors (Lipinski definition) is 6. The summed E-state index contributed by atoms with van der Waals surface area (Å²) in [7, 11) is 1.97. The lowest BCUT2D eigenvalue weighted by atomic mass is 9.94. The van der Waals surface area contributed by atoms with Crippen molar-refractivity contribution in [2.45, 2.75) is 32.2 Å². The summed E-state index contributed by atoms with van der Waals surface area (Å²) in [6, 6.07) is 6.25. The van der Waals surface area contributed by atoms with Crippen LogP contribution < -0.4 is 5.32 Å². The number of aryl methyl sites for hydroxylation is 2. The van der Waals surface area contributed by atoms with E-state index in [-0.39, 0.29) is 0 Å². The molecule has 0 saturated carbocycles. The van der Waals surface area contributed by atoms with Crippen molar-refractivity contribution in [1.82, 2.24) is 24.6 Å². The van der Waals surface area contributed by atoms with Crippen molar-refractivity contribution < 1.29 is 0 Å². The lowest BCUT2D eigenvalue weighted by Gasteiger charge is -2.32. The third kappa shape index (κ3) is 4.11. The van der Waals surface area contributed by atoms with Crippen molar-refractivity contribution in [1.29, 1.82) is 0 Å². The molecule has 0 unspecified atom stereocenters. The lowest BCUT2D eigenvalue weighted by molar-refractivity contribution is 0.198. The number of likely N-dealkylation sites (tertiary alicyclic amines) is 1. The Morgan fingerprint density at radius 3 is 3.00 bits per heavy atom. The lowest BCUT2D eigenvalue weighted by Crippen LogP contribution is -2.34. The molecule has 1 saturated heterocycles. The fourth-order valence-corrected chi connectivity index (χ4v) is 4.19. The van der Waals surface area contributed by atoms with E-state index in [1.807, 2.05) is 30.2 Å². The molecule has 7 heteroatoms. The summed E-state index contributed by atoms with van der Waals surface area (Å²) in [5.74, 6) is 1.35. The van der Waals surface area contributed by atoms with Crippen molar-refractivity contribution in [2.75, 3.05) is 18.4 Å². The largest absolute Gasteiger partial charge is 0.316 e. The van der Waals surface area contributed by atoms with Crippen molar-refractivity contribution in [3.63, 3.8) is 0 Å². The molecule has 1 atom stereocenters. The van der Waals surface area contributed by atoms with Crippen molar-refractivity contribution in [2.24, 2.45) is 7.05 Å². The van der Waals surface area contributed by atoms with Gasteiger partial charge in [0.25, 0.3) is 0 Å². The zero-order chi connectivity index (χ0) is 17.9. The molecule has 0 aliphatic carbocycles. The quantitative estimate of drug-likeness (QED) is 0.744. The van der Waals surface area contributed by atoms with Gasteiger partial charge in [0.2, 0.25) is 0 Å². The smallest absolute Gasteiger partial charge is 0.188 e. The zero-order valence-corrected chi connectivity index (χ0v) is 16.0. The minimum Gasteiger partial charge on any atom is -0.316 e. The number of piperidine rings is 1. The number of aromatic nitrogens is 4. The molecule has 1 fully saturated rings. The van der Waals surface area contributed by atoms with Gasteiger partial charge in [-0.1, -0.05) is 6.07 Å². The molecule has 0 bridgehead atoms. The van der Waals surface area contributed by atoms with Gasteiger partial charge in [0.05, 0.1) is 6.20 Å². The second-order valence-corrected chi connectivity index (χ2v) is 8.18. The van der Waals surface area contributed by atoms with E-state index in [4.69, 9.17) is 4.98 Å². The molecule has 0 amide bonds. The molecule has 0 radical (unpaired) electrons. The van der Waals surface area contributed by atoms with Crippen molar-refractivity contribution in [3.8, 4) is 0 Å². The summed E-state index contributed by atoms with van der Waals surface area (Å²) in [5, 5.41) is 8.50. The Hall–Kier alpha value is -2.25. The minimum atomic E-state index is 0.472. The van der Waals surface area contributed by atoms with Crippen molar-refractivity contribution in [3.05, 3.63) is 52.9 Å². The van der Waals surface area contributed by atoms with Gasteiger partial charge in [0, 0.05) is 54.6 Å². The number of hydrogen-bond donors (Lipinski definition) is 1. The fourth-order valence-electron chi connectivity index (χ4n) is 3.52. The second kappa shape index (κ2) is 7.55.